The van der Waals surface area contributed by atoms with E-state index >= 15 is 0 Å². The monoisotopic (exact) mass is 270 g/mol. The van der Waals surface area contributed by atoms with E-state index in [-0.39, 0.29) is 5.60 Å². The summed E-state index contributed by atoms with van der Waals surface area (Å²) < 4.78 is 11.2. The molecular formula is C13H22N2O2S. The quantitative estimate of drug-likeness (QED) is 0.891. The van der Waals surface area contributed by atoms with Crippen molar-refractivity contribution in [3.05, 3.63) is 15.6 Å². The standard InChI is InChI=1S/C13H22N2O2S/c1-4-14-9-11-10(2)15-12(18-11)13(16-3)5-7-17-8-6-13/h14H,4-9H2,1-3H3. The van der Waals surface area contributed by atoms with Gasteiger partial charge in [0, 0.05) is 44.6 Å². The highest BCUT2D eigenvalue weighted by atomic mass is 32.1. The molecule has 0 aliphatic carbocycles. The van der Waals surface area contributed by atoms with Gasteiger partial charge in [0.2, 0.25) is 0 Å². The maximum Gasteiger partial charge on any atom is 0.125 e. The molecule has 2 rings (SSSR count). The molecular weight excluding hydrogens is 248 g/mol. The minimum Gasteiger partial charge on any atom is -0.381 e. The van der Waals surface area contributed by atoms with Crippen molar-refractivity contribution in [2.24, 2.45) is 0 Å². The third-order valence-electron chi connectivity index (χ3n) is 3.51. The number of aryl methyl sites for hydroxylation is 1. The van der Waals surface area contributed by atoms with Gasteiger partial charge in [-0.2, -0.15) is 0 Å². The number of methoxy groups -OCH3 is 1. The Morgan fingerprint density at radius 1 is 1.44 bits per heavy atom. The van der Waals surface area contributed by atoms with Gasteiger partial charge < -0.3 is 14.8 Å². The van der Waals surface area contributed by atoms with Crippen LogP contribution in [0.4, 0.5) is 0 Å². The number of nitrogens with one attached hydrogen (secondary N) is 1. The zero-order chi connectivity index (χ0) is 13.0. The molecule has 18 heavy (non-hydrogen) atoms. The normalized spacial score (nSPS) is 19.1. The van der Waals surface area contributed by atoms with E-state index < -0.39 is 0 Å². The Hall–Kier alpha value is -0.490. The van der Waals surface area contributed by atoms with Crippen LogP contribution in [0.25, 0.3) is 0 Å². The fourth-order valence-electron chi connectivity index (χ4n) is 2.23. The van der Waals surface area contributed by atoms with E-state index in [4.69, 9.17) is 14.5 Å². The molecule has 1 fully saturated rings. The molecule has 0 atom stereocenters. The fourth-order valence-corrected chi connectivity index (χ4v) is 3.49. The van der Waals surface area contributed by atoms with Gasteiger partial charge in [-0.05, 0) is 13.5 Å². The molecule has 1 aromatic rings. The number of hydrogen-bond donors (Lipinski definition) is 1. The van der Waals surface area contributed by atoms with E-state index in [1.54, 1.807) is 18.4 Å². The van der Waals surface area contributed by atoms with E-state index in [1.807, 2.05) is 0 Å². The summed E-state index contributed by atoms with van der Waals surface area (Å²) in [5.74, 6) is 0. The van der Waals surface area contributed by atoms with E-state index in [0.717, 1.165) is 49.8 Å². The first kappa shape index (κ1) is 13.9. The lowest BCUT2D eigenvalue weighted by molar-refractivity contribution is -0.0948. The van der Waals surface area contributed by atoms with E-state index in [9.17, 15) is 0 Å². The first-order valence-corrected chi connectivity index (χ1v) is 7.34. The number of hydrogen-bond acceptors (Lipinski definition) is 5. The van der Waals surface area contributed by atoms with Crippen LogP contribution >= 0.6 is 11.3 Å². The van der Waals surface area contributed by atoms with Crippen molar-refractivity contribution in [2.45, 2.75) is 38.8 Å². The van der Waals surface area contributed by atoms with Gasteiger partial charge >= 0.3 is 0 Å². The van der Waals surface area contributed by atoms with Crippen LogP contribution in [0, 0.1) is 6.92 Å². The zero-order valence-electron chi connectivity index (χ0n) is 11.4. The molecule has 0 bridgehead atoms. The van der Waals surface area contributed by atoms with Crippen molar-refractivity contribution in [2.75, 3.05) is 26.9 Å². The summed E-state index contributed by atoms with van der Waals surface area (Å²) in [6.07, 6.45) is 1.80. The second-order valence-corrected chi connectivity index (χ2v) is 5.70. The molecule has 1 aromatic heterocycles. The highest BCUT2D eigenvalue weighted by Crippen LogP contribution is 2.38. The molecule has 4 nitrogen and oxygen atoms in total. The predicted octanol–water partition coefficient (Wildman–Crippen LogP) is 2.21. The lowest BCUT2D eigenvalue weighted by Gasteiger charge is -2.33. The van der Waals surface area contributed by atoms with Crippen molar-refractivity contribution in [3.8, 4) is 0 Å². The average Bonchev–Trinajstić information content (AvgIpc) is 2.79. The Labute approximate surface area is 113 Å². The van der Waals surface area contributed by atoms with Crippen molar-refractivity contribution in [1.82, 2.24) is 10.3 Å². The SMILES string of the molecule is CCNCc1sc(C2(OC)CCOCC2)nc1C. The van der Waals surface area contributed by atoms with Crippen LogP contribution in [0.2, 0.25) is 0 Å². The van der Waals surface area contributed by atoms with Gasteiger partial charge in [0.1, 0.15) is 10.6 Å². The van der Waals surface area contributed by atoms with E-state index in [1.165, 1.54) is 4.88 Å². The Morgan fingerprint density at radius 2 is 2.17 bits per heavy atom. The topological polar surface area (TPSA) is 43.4 Å². The van der Waals surface area contributed by atoms with Crippen LogP contribution in [-0.2, 0) is 21.6 Å². The summed E-state index contributed by atoms with van der Waals surface area (Å²) in [4.78, 5) is 6.04. The van der Waals surface area contributed by atoms with Crippen molar-refractivity contribution in [3.63, 3.8) is 0 Å². The van der Waals surface area contributed by atoms with Gasteiger partial charge in [0.05, 0.1) is 5.69 Å². The number of aromatic nitrogens is 1. The average molecular weight is 270 g/mol. The van der Waals surface area contributed by atoms with Crippen LogP contribution in [0.1, 0.15) is 35.3 Å². The number of ether oxygens (including phenoxy) is 2. The summed E-state index contributed by atoms with van der Waals surface area (Å²) in [7, 11) is 1.78. The minimum absolute atomic E-state index is 0.224. The summed E-state index contributed by atoms with van der Waals surface area (Å²) in [5, 5.41) is 4.47. The van der Waals surface area contributed by atoms with Gasteiger partial charge in [0.15, 0.2) is 0 Å². The predicted molar refractivity (Wildman–Crippen MR) is 73.0 cm³/mol. The highest BCUT2D eigenvalue weighted by Gasteiger charge is 2.37. The Morgan fingerprint density at radius 3 is 2.78 bits per heavy atom. The lowest BCUT2D eigenvalue weighted by Crippen LogP contribution is -2.35. The van der Waals surface area contributed by atoms with Gasteiger partial charge in [-0.3, -0.25) is 0 Å². The summed E-state index contributed by atoms with van der Waals surface area (Å²) in [6.45, 7) is 7.60. The second-order valence-electron chi connectivity index (χ2n) is 4.62. The van der Waals surface area contributed by atoms with Crippen LogP contribution in [0.3, 0.4) is 0 Å². The molecule has 0 aromatic carbocycles. The number of rotatable bonds is 5. The molecule has 0 saturated carbocycles. The first-order valence-electron chi connectivity index (χ1n) is 6.52. The highest BCUT2D eigenvalue weighted by molar-refractivity contribution is 7.11. The van der Waals surface area contributed by atoms with Crippen LogP contribution in [0.15, 0.2) is 0 Å². The summed E-state index contributed by atoms with van der Waals surface area (Å²) in [6, 6.07) is 0. The molecule has 1 saturated heterocycles. The summed E-state index contributed by atoms with van der Waals surface area (Å²) in [5.41, 5.74) is 0.900. The molecule has 5 heteroatoms. The minimum atomic E-state index is -0.224. The molecule has 1 aliphatic rings. The fraction of sp³-hybridized carbons (Fsp3) is 0.769. The molecule has 1 N–H and O–H groups in total. The molecule has 0 radical (unpaired) electrons. The molecule has 0 amide bonds. The smallest absolute Gasteiger partial charge is 0.125 e. The third kappa shape index (κ3) is 2.74. The second kappa shape index (κ2) is 6.10. The molecule has 102 valence electrons. The largest absolute Gasteiger partial charge is 0.381 e. The Balaban J connectivity index is 2.20. The zero-order valence-corrected chi connectivity index (χ0v) is 12.2. The maximum absolute atomic E-state index is 5.79. The van der Waals surface area contributed by atoms with Crippen molar-refractivity contribution in [1.29, 1.82) is 0 Å². The van der Waals surface area contributed by atoms with Crippen LogP contribution < -0.4 is 5.32 Å². The molecule has 1 aliphatic heterocycles. The summed E-state index contributed by atoms with van der Waals surface area (Å²) >= 11 is 1.78. The Kier molecular flexibility index (Phi) is 4.72. The van der Waals surface area contributed by atoms with Gasteiger partial charge in [-0.15, -0.1) is 11.3 Å². The number of nitrogens with zero attached hydrogens (tertiary/aromatic N) is 1. The van der Waals surface area contributed by atoms with Crippen LogP contribution in [-0.4, -0.2) is 31.9 Å². The molecule has 2 heterocycles. The number of thiazole rings is 1. The van der Waals surface area contributed by atoms with Gasteiger partial charge in [-0.1, -0.05) is 6.92 Å². The third-order valence-corrected chi connectivity index (χ3v) is 4.85. The van der Waals surface area contributed by atoms with E-state index in [0.29, 0.717) is 0 Å². The van der Waals surface area contributed by atoms with Crippen LogP contribution in [0.5, 0.6) is 0 Å². The van der Waals surface area contributed by atoms with Crippen molar-refractivity contribution < 1.29 is 9.47 Å². The van der Waals surface area contributed by atoms with Crippen molar-refractivity contribution >= 4 is 11.3 Å². The molecule has 0 unspecified atom stereocenters. The van der Waals surface area contributed by atoms with Gasteiger partial charge in [0.25, 0.3) is 0 Å². The van der Waals surface area contributed by atoms with E-state index in [2.05, 4.69) is 19.2 Å². The first-order chi connectivity index (χ1) is 8.72. The Bertz CT molecular complexity index is 386. The maximum atomic E-state index is 5.79. The molecule has 0 spiro atoms. The lowest BCUT2D eigenvalue weighted by atomic mass is 9.95. The van der Waals surface area contributed by atoms with Gasteiger partial charge in [-0.25, -0.2) is 4.98 Å².